The van der Waals surface area contributed by atoms with Gasteiger partial charge in [-0.1, -0.05) is 25.5 Å². The first-order valence-electron chi connectivity index (χ1n) is 9.67. The fourth-order valence-electron chi connectivity index (χ4n) is 6.56. The molecule has 4 rings (SSSR count). The molecule has 0 spiro atoms. The van der Waals surface area contributed by atoms with Crippen LogP contribution >= 0.6 is 0 Å². The molecule has 0 aliphatic heterocycles. The van der Waals surface area contributed by atoms with Gasteiger partial charge < -0.3 is 4.74 Å². The average molecular weight is 340 g/mol. The summed E-state index contributed by atoms with van der Waals surface area (Å²) in [4.78, 5) is 11.3. The number of hydrogen-bond donors (Lipinski definition) is 0. The second-order valence-corrected chi connectivity index (χ2v) is 9.71. The second-order valence-electron chi connectivity index (χ2n) is 9.08. The van der Waals surface area contributed by atoms with Gasteiger partial charge in [0.15, 0.2) is 16.3 Å². The molecule has 2 nitrogen and oxygen atoms in total. The van der Waals surface area contributed by atoms with E-state index in [9.17, 15) is 4.79 Å². The van der Waals surface area contributed by atoms with Gasteiger partial charge in [0, 0.05) is 13.3 Å². The van der Waals surface area contributed by atoms with Crippen molar-refractivity contribution in [3.63, 3.8) is 0 Å². The Bertz CT molecular complexity index is 621. The third-order valence-corrected chi connectivity index (χ3v) is 8.93. The molecule has 0 aromatic carbocycles. The monoisotopic (exact) mass is 340 g/mol. The Labute approximate surface area is 154 Å². The minimum atomic E-state index is -0.128. The highest BCUT2D eigenvalue weighted by Crippen LogP contribution is 2.64. The Hall–Kier alpha value is -0.518. The van der Waals surface area contributed by atoms with Gasteiger partial charge in [-0.2, -0.15) is 4.44 Å². The van der Waals surface area contributed by atoms with Gasteiger partial charge in [0.1, 0.15) is 6.10 Å². The molecule has 2 fully saturated rings. The quantitative estimate of drug-likeness (QED) is 0.398. The highest BCUT2D eigenvalue weighted by molar-refractivity contribution is 6.22. The van der Waals surface area contributed by atoms with Crippen molar-refractivity contribution in [2.45, 2.75) is 71.8 Å². The summed E-state index contributed by atoms with van der Waals surface area (Å²) in [5, 5.41) is 0. The van der Waals surface area contributed by atoms with Crippen molar-refractivity contribution >= 4 is 22.3 Å². The molecule has 0 bridgehead atoms. The smallest absolute Gasteiger partial charge is 0.302 e. The molecule has 3 heteroatoms. The maximum atomic E-state index is 11.3. The van der Waals surface area contributed by atoms with Crippen LogP contribution in [0.1, 0.15) is 65.7 Å². The van der Waals surface area contributed by atoms with Crippen LogP contribution in [0.15, 0.2) is 22.2 Å². The fourth-order valence-corrected chi connectivity index (χ4v) is 7.06. The molecule has 2 radical (unpaired) electrons. The van der Waals surface area contributed by atoms with Gasteiger partial charge in [-0.05, 0) is 67.1 Å². The Balaban J connectivity index is 1.59. The number of hydrogen-bond acceptors (Lipinski definition) is 2. The highest BCUT2D eigenvalue weighted by Gasteiger charge is 2.55. The summed E-state index contributed by atoms with van der Waals surface area (Å²) in [6.07, 6.45) is 13.5. The number of ether oxygens (including phenoxy) is 1. The second kappa shape index (κ2) is 5.75. The lowest BCUT2D eigenvalue weighted by atomic mass is 9.48. The predicted molar refractivity (Wildman–Crippen MR) is 96.5 cm³/mol. The van der Waals surface area contributed by atoms with E-state index in [4.69, 9.17) is 4.74 Å². The van der Waals surface area contributed by atoms with Gasteiger partial charge in [-0.3, -0.25) is 4.79 Å². The molecule has 24 heavy (non-hydrogen) atoms. The molecule has 0 saturated heterocycles. The number of esters is 1. The molecule has 0 aromatic heterocycles. The van der Waals surface area contributed by atoms with Gasteiger partial charge in [-0.25, -0.2) is 0 Å². The molecule has 0 N–H and O–H groups in total. The van der Waals surface area contributed by atoms with Crippen LogP contribution in [-0.2, 0) is 9.53 Å². The van der Waals surface area contributed by atoms with Crippen LogP contribution in [0.5, 0.6) is 0 Å². The molecule has 4 aliphatic carbocycles. The van der Waals surface area contributed by atoms with E-state index in [0.717, 1.165) is 30.6 Å². The number of carbonyl (C=O) groups excluding carboxylic acids is 1. The number of rotatable bonds is 1. The normalized spacial score (nSPS) is 47.0. The topological polar surface area (TPSA) is 26.3 Å². The molecule has 128 valence electrons. The molecule has 2 saturated carbocycles. The Morgan fingerprint density at radius 2 is 1.88 bits per heavy atom. The van der Waals surface area contributed by atoms with Gasteiger partial charge >= 0.3 is 5.97 Å². The maximum Gasteiger partial charge on any atom is 0.302 e. The van der Waals surface area contributed by atoms with E-state index in [1.807, 2.05) is 0 Å². The third-order valence-electron chi connectivity index (χ3n) is 8.03. The van der Waals surface area contributed by atoms with Crippen LogP contribution in [0.2, 0.25) is 0 Å². The molecule has 0 heterocycles. The molecule has 4 aliphatic rings. The van der Waals surface area contributed by atoms with Crippen LogP contribution in [0.4, 0.5) is 0 Å². The fraction of sp³-hybridized carbons (Fsp3) is 0.762. The third kappa shape index (κ3) is 2.38. The summed E-state index contributed by atoms with van der Waals surface area (Å²) in [6.45, 7) is 6.54. The average Bonchev–Trinajstić information content (AvgIpc) is 2.83. The zero-order valence-corrected chi connectivity index (χ0v) is 16.5. The maximum absolute atomic E-state index is 11.3. The van der Waals surface area contributed by atoms with Crippen LogP contribution in [0.25, 0.3) is 0 Å². The van der Waals surface area contributed by atoms with Crippen LogP contribution in [0, 0.1) is 28.6 Å². The number of allylic oxidation sites excluding steroid dienone is 3. The summed E-state index contributed by atoms with van der Waals surface area (Å²) < 4.78 is 7.09. The minimum absolute atomic E-state index is 0.110. The largest absolute Gasteiger partial charge is 0.462 e. The van der Waals surface area contributed by atoms with Crippen molar-refractivity contribution in [3.8, 4) is 0 Å². The van der Waals surface area contributed by atoms with Crippen molar-refractivity contribution in [2.75, 3.05) is 0 Å². The summed E-state index contributed by atoms with van der Waals surface area (Å²) in [5.41, 5.74) is 2.34. The Morgan fingerprint density at radius 1 is 1.12 bits per heavy atom. The molecular weight excluding hydrogens is 311 g/mol. The summed E-state index contributed by atoms with van der Waals surface area (Å²) in [7, 11) is 0. The van der Waals surface area contributed by atoms with Gasteiger partial charge in [-0.15, -0.1) is 6.08 Å². The molecular formula is C21H29AlO2. The highest BCUT2D eigenvalue weighted by atomic mass is 27.0. The summed E-state index contributed by atoms with van der Waals surface area (Å²) in [6, 6.07) is 0. The van der Waals surface area contributed by atoms with Crippen molar-refractivity contribution in [2.24, 2.45) is 28.6 Å². The van der Waals surface area contributed by atoms with E-state index in [1.54, 1.807) is 10.0 Å². The van der Waals surface area contributed by atoms with Crippen molar-refractivity contribution in [1.29, 1.82) is 0 Å². The Kier molecular flexibility index (Phi) is 4.05. The minimum Gasteiger partial charge on any atom is -0.462 e. The first kappa shape index (κ1) is 16.9. The lowest BCUT2D eigenvalue weighted by Gasteiger charge is -2.58. The van der Waals surface area contributed by atoms with Crippen molar-refractivity contribution in [1.82, 2.24) is 0 Å². The lowest BCUT2D eigenvalue weighted by Crippen LogP contribution is -2.50. The van der Waals surface area contributed by atoms with Crippen molar-refractivity contribution < 1.29 is 9.53 Å². The standard InChI is InChI=1S/C21H29O2.Al/c1-14(22)23-16-8-12-21(3)15(13-16)6-7-17-18-5-4-10-20(18,2)11-9-19(17)21;/h4,6,16-19H,5,7-9,11-13H2,1-3H3;/t16-,17?,18?,19?,20?,21?;/m0./s1. The predicted octanol–water partition coefficient (Wildman–Crippen LogP) is 4.54. The summed E-state index contributed by atoms with van der Waals surface area (Å²) >= 11 is 3.03. The van der Waals surface area contributed by atoms with E-state index in [1.165, 1.54) is 39.0 Å². The van der Waals surface area contributed by atoms with E-state index in [2.05, 4.69) is 42.3 Å². The first-order chi connectivity index (χ1) is 11.3. The Morgan fingerprint density at radius 3 is 2.62 bits per heavy atom. The van der Waals surface area contributed by atoms with Crippen LogP contribution in [-0.4, -0.2) is 28.4 Å². The van der Waals surface area contributed by atoms with Crippen LogP contribution < -0.4 is 0 Å². The molecule has 0 aromatic rings. The van der Waals surface area contributed by atoms with E-state index in [-0.39, 0.29) is 12.1 Å². The van der Waals surface area contributed by atoms with Gasteiger partial charge in [0.05, 0.1) is 0 Å². The number of fused-ring (bicyclic) bond motifs is 5. The van der Waals surface area contributed by atoms with Gasteiger partial charge in [0.2, 0.25) is 0 Å². The number of carbonyl (C=O) groups is 1. The van der Waals surface area contributed by atoms with Gasteiger partial charge in [0.25, 0.3) is 0 Å². The molecule has 6 atom stereocenters. The van der Waals surface area contributed by atoms with Crippen LogP contribution in [0.3, 0.4) is 0 Å². The van der Waals surface area contributed by atoms with E-state index < -0.39 is 0 Å². The van der Waals surface area contributed by atoms with E-state index >= 15 is 0 Å². The SMILES string of the molecule is CC(=O)O[C@H]1CCC2(C)C(=CCC3C4CC=[C]([Al])C4(C)CCC32)C1. The summed E-state index contributed by atoms with van der Waals surface area (Å²) in [5.74, 6) is 2.34. The zero-order valence-electron chi connectivity index (χ0n) is 15.3. The van der Waals surface area contributed by atoms with E-state index in [0.29, 0.717) is 10.8 Å². The molecule has 5 unspecified atom stereocenters. The van der Waals surface area contributed by atoms with Crippen molar-refractivity contribution in [3.05, 3.63) is 22.2 Å². The first-order valence-corrected chi connectivity index (χ1v) is 10.2. The lowest BCUT2D eigenvalue weighted by molar-refractivity contribution is -0.148. The molecule has 0 amide bonds. The zero-order chi connectivity index (χ0) is 17.1.